The van der Waals surface area contributed by atoms with Crippen molar-refractivity contribution in [3.05, 3.63) is 41.8 Å². The topological polar surface area (TPSA) is 104 Å². The molecule has 1 amide bonds. The summed E-state index contributed by atoms with van der Waals surface area (Å²) in [7, 11) is 0. The van der Waals surface area contributed by atoms with Crippen molar-refractivity contribution in [2.24, 2.45) is 0 Å². The van der Waals surface area contributed by atoms with Crippen molar-refractivity contribution in [1.82, 2.24) is 19.9 Å². The molecule has 4 rings (SSSR count). The van der Waals surface area contributed by atoms with E-state index in [2.05, 4.69) is 39.1 Å². The van der Waals surface area contributed by atoms with Gasteiger partial charge in [0.15, 0.2) is 4.77 Å². The highest BCUT2D eigenvalue weighted by Crippen LogP contribution is 2.32. The van der Waals surface area contributed by atoms with Crippen LogP contribution in [0.25, 0.3) is 20.4 Å². The van der Waals surface area contributed by atoms with Crippen LogP contribution in [0.2, 0.25) is 0 Å². The Labute approximate surface area is 186 Å². The molecule has 0 spiro atoms. The van der Waals surface area contributed by atoms with Crippen LogP contribution >= 0.6 is 34.9 Å². The second-order valence-electron chi connectivity index (χ2n) is 6.90. The van der Waals surface area contributed by atoms with Crippen LogP contribution in [0, 0.1) is 32.5 Å². The molecule has 30 heavy (non-hydrogen) atoms. The highest BCUT2D eigenvalue weighted by atomic mass is 32.1. The van der Waals surface area contributed by atoms with Crippen molar-refractivity contribution >= 4 is 67.0 Å². The molecule has 0 saturated heterocycles. The lowest BCUT2D eigenvalue weighted by Gasteiger charge is -2.04. The first kappa shape index (κ1) is 22.3. The molecule has 3 N–H and O–H groups in total. The third-order valence-electron chi connectivity index (χ3n) is 4.84. The van der Waals surface area contributed by atoms with E-state index in [0.29, 0.717) is 10.6 Å². The SMILES string of the molecule is CC(=O)Nc1[nH]c(=S)nc2sc(C)c(C)c12.CCc1[nH]c(=O)nc2sc(C)c(C)c12. The number of nitrogens with zero attached hydrogens (tertiary/aromatic N) is 2. The minimum Gasteiger partial charge on any atom is -0.316 e. The minimum absolute atomic E-state index is 0.124. The molecule has 0 bridgehead atoms. The fourth-order valence-corrected chi connectivity index (χ4v) is 5.50. The molecular weight excluding hydrogens is 438 g/mol. The monoisotopic (exact) mass is 461 g/mol. The Morgan fingerprint density at radius 1 is 1.00 bits per heavy atom. The first-order chi connectivity index (χ1) is 14.1. The molecule has 158 valence electrons. The number of nitrogens with one attached hydrogen (secondary N) is 3. The Bertz CT molecular complexity index is 1380. The Kier molecular flexibility index (Phi) is 6.49. The van der Waals surface area contributed by atoms with Gasteiger partial charge in [0.1, 0.15) is 15.5 Å². The molecule has 4 aromatic rings. The number of aromatic nitrogens is 4. The number of carbonyl (C=O) groups excluding carboxylic acids is 1. The van der Waals surface area contributed by atoms with E-state index in [1.54, 1.807) is 22.7 Å². The average Bonchev–Trinajstić information content (AvgIpc) is 3.09. The summed E-state index contributed by atoms with van der Waals surface area (Å²) in [5.41, 5.74) is 3.13. The average molecular weight is 462 g/mol. The zero-order chi connectivity index (χ0) is 22.2. The fourth-order valence-electron chi connectivity index (χ4n) is 3.16. The summed E-state index contributed by atoms with van der Waals surface area (Å²) in [6, 6.07) is 0. The van der Waals surface area contributed by atoms with Gasteiger partial charge in [-0.15, -0.1) is 22.7 Å². The smallest absolute Gasteiger partial charge is 0.316 e. The molecule has 0 radical (unpaired) electrons. The Hall–Kier alpha value is -2.43. The highest BCUT2D eigenvalue weighted by molar-refractivity contribution is 7.71. The second kappa shape index (κ2) is 8.75. The number of carbonyl (C=O) groups is 1. The maximum absolute atomic E-state index is 11.2. The predicted molar refractivity (Wildman–Crippen MR) is 128 cm³/mol. The molecule has 7 nitrogen and oxygen atoms in total. The van der Waals surface area contributed by atoms with E-state index in [9.17, 15) is 9.59 Å². The minimum atomic E-state index is -0.240. The first-order valence-corrected chi connectivity index (χ1v) is 11.4. The summed E-state index contributed by atoms with van der Waals surface area (Å²) >= 11 is 8.20. The van der Waals surface area contributed by atoms with Gasteiger partial charge in [0.25, 0.3) is 0 Å². The summed E-state index contributed by atoms with van der Waals surface area (Å²) in [4.78, 5) is 40.4. The molecule has 0 saturated carbocycles. The third-order valence-corrected chi connectivity index (χ3v) is 7.23. The van der Waals surface area contributed by atoms with Crippen LogP contribution in [-0.2, 0) is 11.2 Å². The van der Waals surface area contributed by atoms with Crippen LogP contribution in [0.5, 0.6) is 0 Å². The van der Waals surface area contributed by atoms with Crippen molar-refractivity contribution in [3.63, 3.8) is 0 Å². The van der Waals surface area contributed by atoms with Gasteiger partial charge >= 0.3 is 5.69 Å². The van der Waals surface area contributed by atoms with Gasteiger partial charge in [0, 0.05) is 27.8 Å². The number of aromatic amines is 2. The third kappa shape index (κ3) is 4.35. The van der Waals surface area contributed by atoms with E-state index in [1.807, 2.05) is 20.8 Å². The molecule has 0 aliphatic carbocycles. The summed E-state index contributed by atoms with van der Waals surface area (Å²) in [6.45, 7) is 11.7. The van der Waals surface area contributed by atoms with Crippen LogP contribution in [0.4, 0.5) is 5.82 Å². The summed E-state index contributed by atoms with van der Waals surface area (Å²) in [5.74, 6) is 0.519. The number of hydrogen-bond acceptors (Lipinski definition) is 7. The van der Waals surface area contributed by atoms with E-state index in [4.69, 9.17) is 12.2 Å². The largest absolute Gasteiger partial charge is 0.346 e. The Morgan fingerprint density at radius 2 is 1.57 bits per heavy atom. The molecule has 4 aromatic heterocycles. The number of fused-ring (bicyclic) bond motifs is 2. The van der Waals surface area contributed by atoms with Crippen LogP contribution in [0.15, 0.2) is 4.79 Å². The van der Waals surface area contributed by atoms with Crippen LogP contribution in [0.1, 0.15) is 40.4 Å². The molecule has 0 fully saturated rings. The Morgan fingerprint density at radius 3 is 2.13 bits per heavy atom. The zero-order valence-electron chi connectivity index (χ0n) is 17.6. The van der Waals surface area contributed by atoms with Crippen molar-refractivity contribution < 1.29 is 4.79 Å². The maximum atomic E-state index is 11.2. The van der Waals surface area contributed by atoms with Crippen molar-refractivity contribution in [2.45, 2.75) is 48.0 Å². The van der Waals surface area contributed by atoms with Gasteiger partial charge < -0.3 is 15.3 Å². The number of H-pyrrole nitrogens is 2. The zero-order valence-corrected chi connectivity index (χ0v) is 20.1. The molecule has 0 aliphatic rings. The highest BCUT2D eigenvalue weighted by Gasteiger charge is 2.13. The quantitative estimate of drug-likeness (QED) is 0.361. The van der Waals surface area contributed by atoms with E-state index in [1.165, 1.54) is 22.2 Å². The van der Waals surface area contributed by atoms with Crippen LogP contribution in [0.3, 0.4) is 0 Å². The van der Waals surface area contributed by atoms with Crippen LogP contribution < -0.4 is 11.0 Å². The number of anilines is 1. The van der Waals surface area contributed by atoms with Gasteiger partial charge in [0.2, 0.25) is 5.91 Å². The lowest BCUT2D eigenvalue weighted by Crippen LogP contribution is -2.11. The molecule has 10 heteroatoms. The standard InChI is InChI=1S/C10H11N3OS2.C10H12N2OS/c1-4-5(2)16-9-7(4)8(11-6(3)14)12-10(15)13-9;1-4-7-8-5(2)6(3)14-9(8)12-10(13)11-7/h1-3H3,(H2,11,12,13,14,15);4H2,1-3H3,(H,11,12,13). The van der Waals surface area contributed by atoms with Gasteiger partial charge in [0.05, 0.1) is 5.39 Å². The number of amides is 1. The summed E-state index contributed by atoms with van der Waals surface area (Å²) in [5, 5.41) is 4.83. The van der Waals surface area contributed by atoms with E-state index in [-0.39, 0.29) is 11.6 Å². The number of rotatable bonds is 2. The van der Waals surface area contributed by atoms with E-state index in [0.717, 1.165) is 38.1 Å². The molecule has 4 heterocycles. The van der Waals surface area contributed by atoms with Gasteiger partial charge in [-0.2, -0.15) is 4.98 Å². The summed E-state index contributed by atoms with van der Waals surface area (Å²) in [6.07, 6.45) is 0.839. The molecule has 0 unspecified atom stereocenters. The van der Waals surface area contributed by atoms with Crippen molar-refractivity contribution in [2.75, 3.05) is 5.32 Å². The van der Waals surface area contributed by atoms with E-state index < -0.39 is 0 Å². The molecule has 0 aromatic carbocycles. The Balaban J connectivity index is 0.000000172. The lowest BCUT2D eigenvalue weighted by molar-refractivity contribution is -0.114. The van der Waals surface area contributed by atoms with Gasteiger partial charge in [-0.25, -0.2) is 9.78 Å². The van der Waals surface area contributed by atoms with Crippen LogP contribution in [-0.4, -0.2) is 25.8 Å². The molecular formula is C20H23N5O2S3. The first-order valence-electron chi connectivity index (χ1n) is 9.38. The normalized spacial score (nSPS) is 10.9. The second-order valence-corrected chi connectivity index (χ2v) is 9.69. The fraction of sp³-hybridized carbons (Fsp3) is 0.350. The lowest BCUT2D eigenvalue weighted by atomic mass is 10.1. The van der Waals surface area contributed by atoms with E-state index >= 15 is 0 Å². The van der Waals surface area contributed by atoms with Gasteiger partial charge in [-0.05, 0) is 57.5 Å². The molecule has 0 aliphatic heterocycles. The predicted octanol–water partition coefficient (Wildman–Crippen LogP) is 5.09. The van der Waals surface area contributed by atoms with Gasteiger partial charge in [-0.1, -0.05) is 6.92 Å². The number of aryl methyl sites for hydroxylation is 5. The van der Waals surface area contributed by atoms with Crippen molar-refractivity contribution in [1.29, 1.82) is 0 Å². The maximum Gasteiger partial charge on any atom is 0.346 e. The van der Waals surface area contributed by atoms with Gasteiger partial charge in [-0.3, -0.25) is 4.79 Å². The van der Waals surface area contributed by atoms with Crippen molar-refractivity contribution in [3.8, 4) is 0 Å². The molecule has 0 atom stereocenters. The summed E-state index contributed by atoms with van der Waals surface area (Å²) < 4.78 is 0.387. The number of thiophene rings is 2. The number of hydrogen-bond donors (Lipinski definition) is 3.